The highest BCUT2D eigenvalue weighted by Gasteiger charge is 2.44. The maximum Gasteiger partial charge on any atom is 0.239 e. The zero-order chi connectivity index (χ0) is 14.2. The lowest BCUT2D eigenvalue weighted by molar-refractivity contribution is -0.119. The number of hydrogen-bond acceptors (Lipinski definition) is 2. The number of hydrogen-bond donors (Lipinski definition) is 1. The van der Waals surface area contributed by atoms with Crippen molar-refractivity contribution in [3.8, 4) is 5.75 Å². The van der Waals surface area contributed by atoms with Crippen LogP contribution in [0.4, 0.5) is 5.69 Å². The lowest BCUT2D eigenvalue weighted by atomic mass is 9.77. The third kappa shape index (κ3) is 1.78. The Morgan fingerprint density at radius 2 is 1.90 bits per heavy atom. The fourth-order valence-electron chi connectivity index (χ4n) is 2.73. The van der Waals surface area contributed by atoms with Gasteiger partial charge < -0.3 is 10.1 Å². The molecule has 102 valence electrons. The minimum atomic E-state index is -0.663. The molecule has 0 saturated carbocycles. The van der Waals surface area contributed by atoms with Gasteiger partial charge >= 0.3 is 0 Å². The van der Waals surface area contributed by atoms with Crippen LogP contribution >= 0.6 is 0 Å². The Kier molecular flexibility index (Phi) is 2.97. The summed E-state index contributed by atoms with van der Waals surface area (Å²) in [6, 6.07) is 15.6. The van der Waals surface area contributed by atoms with Crippen LogP contribution in [-0.2, 0) is 10.2 Å². The van der Waals surface area contributed by atoms with Crippen molar-refractivity contribution in [2.45, 2.75) is 19.3 Å². The van der Waals surface area contributed by atoms with E-state index in [0.717, 1.165) is 22.6 Å². The van der Waals surface area contributed by atoms with E-state index in [1.54, 1.807) is 0 Å². The number of ether oxygens (including phenoxy) is 1. The lowest BCUT2D eigenvalue weighted by Gasteiger charge is -2.23. The Bertz CT molecular complexity index is 651. The van der Waals surface area contributed by atoms with Crippen molar-refractivity contribution >= 4 is 11.6 Å². The molecule has 1 N–H and O–H groups in total. The van der Waals surface area contributed by atoms with Crippen LogP contribution in [0.3, 0.4) is 0 Å². The molecule has 0 aromatic heterocycles. The van der Waals surface area contributed by atoms with E-state index in [-0.39, 0.29) is 5.91 Å². The van der Waals surface area contributed by atoms with Crippen LogP contribution in [0.5, 0.6) is 5.75 Å². The van der Waals surface area contributed by atoms with E-state index in [4.69, 9.17) is 4.74 Å². The topological polar surface area (TPSA) is 38.3 Å². The second-order valence-electron chi connectivity index (χ2n) is 5.09. The molecule has 0 bridgehead atoms. The van der Waals surface area contributed by atoms with Gasteiger partial charge in [-0.25, -0.2) is 0 Å². The summed E-state index contributed by atoms with van der Waals surface area (Å²) in [6.07, 6.45) is 0. The Hall–Kier alpha value is -2.29. The maximum absolute atomic E-state index is 12.5. The number of rotatable bonds is 3. The number of amides is 1. The van der Waals surface area contributed by atoms with Crippen molar-refractivity contribution in [1.82, 2.24) is 0 Å². The van der Waals surface area contributed by atoms with Gasteiger partial charge in [0.15, 0.2) is 0 Å². The first-order chi connectivity index (χ1) is 9.66. The predicted octanol–water partition coefficient (Wildman–Crippen LogP) is 3.34. The molecule has 20 heavy (non-hydrogen) atoms. The third-order valence-electron chi connectivity index (χ3n) is 3.89. The monoisotopic (exact) mass is 267 g/mol. The van der Waals surface area contributed by atoms with Gasteiger partial charge in [-0.15, -0.1) is 0 Å². The fourth-order valence-corrected chi connectivity index (χ4v) is 2.73. The summed E-state index contributed by atoms with van der Waals surface area (Å²) >= 11 is 0. The Balaban J connectivity index is 2.15. The van der Waals surface area contributed by atoms with Crippen molar-refractivity contribution < 1.29 is 9.53 Å². The Labute approximate surface area is 118 Å². The molecule has 1 aliphatic rings. The average Bonchev–Trinajstić information content (AvgIpc) is 2.73. The Morgan fingerprint density at radius 3 is 2.60 bits per heavy atom. The molecule has 3 rings (SSSR count). The van der Waals surface area contributed by atoms with Crippen LogP contribution in [-0.4, -0.2) is 12.5 Å². The van der Waals surface area contributed by atoms with Gasteiger partial charge in [0.2, 0.25) is 5.91 Å². The zero-order valence-corrected chi connectivity index (χ0v) is 11.6. The van der Waals surface area contributed by atoms with E-state index >= 15 is 0 Å². The summed E-state index contributed by atoms with van der Waals surface area (Å²) in [5.74, 6) is 0.803. The summed E-state index contributed by atoms with van der Waals surface area (Å²) in [7, 11) is 0. The standard InChI is InChI=1S/C17H17NO2/c1-3-20-13-9-10-15-14(11-13)17(2,16(19)18-15)12-7-5-4-6-8-12/h4-11H,3H2,1-2H3,(H,18,19). The van der Waals surface area contributed by atoms with E-state index in [2.05, 4.69) is 5.32 Å². The summed E-state index contributed by atoms with van der Waals surface area (Å²) in [5, 5.41) is 2.96. The summed E-state index contributed by atoms with van der Waals surface area (Å²) in [6.45, 7) is 4.52. The summed E-state index contributed by atoms with van der Waals surface area (Å²) in [4.78, 5) is 12.5. The van der Waals surface area contributed by atoms with E-state index in [9.17, 15) is 4.79 Å². The molecular weight excluding hydrogens is 250 g/mol. The van der Waals surface area contributed by atoms with Crippen molar-refractivity contribution in [1.29, 1.82) is 0 Å². The number of anilines is 1. The molecule has 1 aliphatic heterocycles. The van der Waals surface area contributed by atoms with Crippen LogP contribution in [0.2, 0.25) is 0 Å². The molecule has 3 nitrogen and oxygen atoms in total. The first-order valence-corrected chi connectivity index (χ1v) is 6.80. The average molecular weight is 267 g/mol. The van der Waals surface area contributed by atoms with Crippen molar-refractivity contribution in [2.75, 3.05) is 11.9 Å². The van der Waals surface area contributed by atoms with Gasteiger partial charge in [0.1, 0.15) is 5.75 Å². The van der Waals surface area contributed by atoms with E-state index < -0.39 is 5.41 Å². The maximum atomic E-state index is 12.5. The highest BCUT2D eigenvalue weighted by Crippen LogP contribution is 2.43. The van der Waals surface area contributed by atoms with Crippen LogP contribution in [0, 0.1) is 0 Å². The highest BCUT2D eigenvalue weighted by molar-refractivity contribution is 6.08. The molecule has 0 fully saturated rings. The van der Waals surface area contributed by atoms with E-state index in [1.165, 1.54) is 0 Å². The minimum Gasteiger partial charge on any atom is -0.494 e. The molecule has 3 heteroatoms. The predicted molar refractivity (Wildman–Crippen MR) is 79.1 cm³/mol. The van der Waals surface area contributed by atoms with Crippen LogP contribution in [0.15, 0.2) is 48.5 Å². The molecule has 0 aliphatic carbocycles. The van der Waals surface area contributed by atoms with Gasteiger partial charge in [0, 0.05) is 5.69 Å². The summed E-state index contributed by atoms with van der Waals surface area (Å²) in [5.41, 5.74) is 2.17. The Morgan fingerprint density at radius 1 is 1.15 bits per heavy atom. The second-order valence-corrected chi connectivity index (χ2v) is 5.09. The van der Waals surface area contributed by atoms with Gasteiger partial charge in [-0.05, 0) is 43.2 Å². The van der Waals surface area contributed by atoms with Gasteiger partial charge in [-0.2, -0.15) is 0 Å². The van der Waals surface area contributed by atoms with Crippen LogP contribution in [0.25, 0.3) is 0 Å². The molecule has 1 atom stereocenters. The molecule has 2 aromatic rings. The molecule has 0 radical (unpaired) electrons. The minimum absolute atomic E-state index is 0.00680. The van der Waals surface area contributed by atoms with Crippen molar-refractivity contribution in [3.05, 3.63) is 59.7 Å². The van der Waals surface area contributed by atoms with E-state index in [1.807, 2.05) is 62.4 Å². The first kappa shape index (κ1) is 12.7. The normalized spacial score (nSPS) is 20.4. The lowest BCUT2D eigenvalue weighted by Crippen LogP contribution is -2.32. The molecular formula is C17H17NO2. The molecule has 1 unspecified atom stereocenters. The molecule has 0 saturated heterocycles. The summed E-state index contributed by atoms with van der Waals surface area (Å²) < 4.78 is 5.56. The molecule has 1 heterocycles. The van der Waals surface area contributed by atoms with Crippen LogP contribution in [0.1, 0.15) is 25.0 Å². The first-order valence-electron chi connectivity index (χ1n) is 6.80. The van der Waals surface area contributed by atoms with Gasteiger partial charge in [-0.1, -0.05) is 30.3 Å². The van der Waals surface area contributed by atoms with Gasteiger partial charge in [-0.3, -0.25) is 4.79 Å². The number of fused-ring (bicyclic) bond motifs is 1. The van der Waals surface area contributed by atoms with Gasteiger partial charge in [0.25, 0.3) is 0 Å². The molecule has 2 aromatic carbocycles. The number of benzene rings is 2. The smallest absolute Gasteiger partial charge is 0.239 e. The quantitative estimate of drug-likeness (QED) is 0.926. The number of nitrogens with one attached hydrogen (secondary N) is 1. The van der Waals surface area contributed by atoms with Crippen LogP contribution < -0.4 is 10.1 Å². The fraction of sp³-hybridized carbons (Fsp3) is 0.235. The van der Waals surface area contributed by atoms with E-state index in [0.29, 0.717) is 6.61 Å². The molecule has 1 amide bonds. The second kappa shape index (κ2) is 4.67. The number of carbonyl (C=O) groups excluding carboxylic acids is 1. The van der Waals surface area contributed by atoms with Crippen molar-refractivity contribution in [3.63, 3.8) is 0 Å². The largest absolute Gasteiger partial charge is 0.494 e. The third-order valence-corrected chi connectivity index (χ3v) is 3.89. The number of carbonyl (C=O) groups is 1. The van der Waals surface area contributed by atoms with Gasteiger partial charge in [0.05, 0.1) is 12.0 Å². The molecule has 0 spiro atoms. The SMILES string of the molecule is CCOc1ccc2c(c1)C(C)(c1ccccc1)C(=O)N2. The van der Waals surface area contributed by atoms with Crippen molar-refractivity contribution in [2.24, 2.45) is 0 Å². The highest BCUT2D eigenvalue weighted by atomic mass is 16.5. The zero-order valence-electron chi connectivity index (χ0n) is 11.6.